The highest BCUT2D eigenvalue weighted by molar-refractivity contribution is 5.92. The molecule has 144 valence electrons. The van der Waals surface area contributed by atoms with Gasteiger partial charge in [0.2, 0.25) is 0 Å². The van der Waals surface area contributed by atoms with Crippen LogP contribution in [0.15, 0.2) is 42.5 Å². The average molecular weight is 367 g/mol. The molecular weight excluding hydrogens is 336 g/mol. The van der Waals surface area contributed by atoms with E-state index in [1.165, 1.54) is 18.4 Å². The quantitative estimate of drug-likeness (QED) is 0.774. The molecule has 1 N–H and O–H groups in total. The van der Waals surface area contributed by atoms with Crippen molar-refractivity contribution in [2.75, 3.05) is 24.5 Å². The number of nitrogens with one attached hydrogen (secondary N) is 1. The Morgan fingerprint density at radius 2 is 2.00 bits per heavy atom. The molecule has 0 aliphatic carbocycles. The van der Waals surface area contributed by atoms with Gasteiger partial charge < -0.3 is 10.2 Å². The van der Waals surface area contributed by atoms with Gasteiger partial charge in [0.05, 0.1) is 0 Å². The zero-order chi connectivity index (χ0) is 19.1. The Morgan fingerprint density at radius 3 is 2.70 bits per heavy atom. The number of carbonyl (C=O) groups is 1. The SMILES string of the molecule is CC(C)CCNC(=O)c1ccc(N2CCC(CCc3ccccc3)C2)nn1. The molecular formula is C22H30N4O. The smallest absolute Gasteiger partial charge is 0.271 e. The van der Waals surface area contributed by atoms with E-state index in [0.29, 0.717) is 24.1 Å². The molecule has 2 aromatic rings. The van der Waals surface area contributed by atoms with Crippen LogP contribution in [-0.2, 0) is 6.42 Å². The van der Waals surface area contributed by atoms with Crippen LogP contribution in [-0.4, -0.2) is 35.7 Å². The van der Waals surface area contributed by atoms with Crippen LogP contribution in [0.25, 0.3) is 0 Å². The number of hydrogen-bond acceptors (Lipinski definition) is 4. The maximum atomic E-state index is 12.1. The normalized spacial score (nSPS) is 16.7. The van der Waals surface area contributed by atoms with Crippen LogP contribution in [0.2, 0.25) is 0 Å². The van der Waals surface area contributed by atoms with Crippen molar-refractivity contribution >= 4 is 11.7 Å². The summed E-state index contributed by atoms with van der Waals surface area (Å²) in [6.45, 7) is 6.98. The molecule has 1 unspecified atom stereocenters. The highest BCUT2D eigenvalue weighted by atomic mass is 16.1. The molecule has 1 aliphatic rings. The van der Waals surface area contributed by atoms with Crippen molar-refractivity contribution in [3.8, 4) is 0 Å². The van der Waals surface area contributed by atoms with Gasteiger partial charge in [-0.3, -0.25) is 4.79 Å². The van der Waals surface area contributed by atoms with E-state index in [1.807, 2.05) is 6.07 Å². The summed E-state index contributed by atoms with van der Waals surface area (Å²) in [6, 6.07) is 14.4. The summed E-state index contributed by atoms with van der Waals surface area (Å²) >= 11 is 0. The van der Waals surface area contributed by atoms with Gasteiger partial charge >= 0.3 is 0 Å². The Morgan fingerprint density at radius 1 is 1.19 bits per heavy atom. The molecule has 27 heavy (non-hydrogen) atoms. The van der Waals surface area contributed by atoms with Crippen molar-refractivity contribution in [2.24, 2.45) is 11.8 Å². The Balaban J connectivity index is 1.47. The number of aromatic nitrogens is 2. The summed E-state index contributed by atoms with van der Waals surface area (Å²) in [6.07, 6.45) is 4.48. The number of aryl methyl sites for hydroxylation is 1. The fourth-order valence-corrected chi connectivity index (χ4v) is 3.47. The van der Waals surface area contributed by atoms with Crippen LogP contribution >= 0.6 is 0 Å². The number of benzene rings is 1. The first kappa shape index (κ1) is 19.3. The minimum Gasteiger partial charge on any atom is -0.355 e. The molecule has 1 aromatic heterocycles. The largest absolute Gasteiger partial charge is 0.355 e. The van der Waals surface area contributed by atoms with Crippen LogP contribution in [0.4, 0.5) is 5.82 Å². The van der Waals surface area contributed by atoms with Crippen LogP contribution in [0.5, 0.6) is 0 Å². The van der Waals surface area contributed by atoms with Crippen molar-refractivity contribution in [1.82, 2.24) is 15.5 Å². The summed E-state index contributed by atoms with van der Waals surface area (Å²) in [5.74, 6) is 1.99. The number of anilines is 1. The molecule has 5 nitrogen and oxygen atoms in total. The lowest BCUT2D eigenvalue weighted by Gasteiger charge is -2.17. The van der Waals surface area contributed by atoms with E-state index >= 15 is 0 Å². The number of nitrogens with zero attached hydrogens (tertiary/aromatic N) is 3. The lowest BCUT2D eigenvalue weighted by molar-refractivity contribution is 0.0946. The molecule has 1 aliphatic heterocycles. The third-order valence-electron chi connectivity index (χ3n) is 5.18. The number of rotatable bonds is 8. The van der Waals surface area contributed by atoms with Crippen molar-refractivity contribution < 1.29 is 4.79 Å². The highest BCUT2D eigenvalue weighted by Crippen LogP contribution is 2.25. The van der Waals surface area contributed by atoms with E-state index in [4.69, 9.17) is 0 Å². The van der Waals surface area contributed by atoms with E-state index in [0.717, 1.165) is 31.7 Å². The number of amides is 1. The van der Waals surface area contributed by atoms with E-state index in [2.05, 4.69) is 64.6 Å². The maximum Gasteiger partial charge on any atom is 0.271 e. The molecule has 0 spiro atoms. The zero-order valence-electron chi connectivity index (χ0n) is 16.4. The second-order valence-electron chi connectivity index (χ2n) is 7.84. The fourth-order valence-electron chi connectivity index (χ4n) is 3.47. The second-order valence-corrected chi connectivity index (χ2v) is 7.84. The predicted octanol–water partition coefficient (Wildman–Crippen LogP) is 3.71. The lowest BCUT2D eigenvalue weighted by atomic mass is 9.99. The van der Waals surface area contributed by atoms with Gasteiger partial charge in [0, 0.05) is 19.6 Å². The summed E-state index contributed by atoms with van der Waals surface area (Å²) in [5.41, 5.74) is 1.80. The maximum absolute atomic E-state index is 12.1. The summed E-state index contributed by atoms with van der Waals surface area (Å²) in [5, 5.41) is 11.3. The average Bonchev–Trinajstić information content (AvgIpc) is 3.16. The molecule has 3 rings (SSSR count). The van der Waals surface area contributed by atoms with Gasteiger partial charge in [-0.1, -0.05) is 44.2 Å². The fraction of sp³-hybridized carbons (Fsp3) is 0.500. The minimum absolute atomic E-state index is 0.142. The molecule has 1 fully saturated rings. The van der Waals surface area contributed by atoms with E-state index in [1.54, 1.807) is 6.07 Å². The molecule has 1 amide bonds. The van der Waals surface area contributed by atoms with Gasteiger partial charge in [0.15, 0.2) is 11.5 Å². The molecule has 2 heterocycles. The van der Waals surface area contributed by atoms with E-state index < -0.39 is 0 Å². The van der Waals surface area contributed by atoms with Crippen molar-refractivity contribution in [1.29, 1.82) is 0 Å². The summed E-state index contributed by atoms with van der Waals surface area (Å²) in [7, 11) is 0. The van der Waals surface area contributed by atoms with Gasteiger partial charge in [-0.25, -0.2) is 0 Å². The molecule has 0 radical (unpaired) electrons. The van der Waals surface area contributed by atoms with Crippen molar-refractivity contribution in [3.63, 3.8) is 0 Å². The first-order valence-electron chi connectivity index (χ1n) is 10.0. The van der Waals surface area contributed by atoms with E-state index in [9.17, 15) is 4.79 Å². The van der Waals surface area contributed by atoms with E-state index in [-0.39, 0.29) is 5.91 Å². The van der Waals surface area contributed by atoms with Gasteiger partial charge in [-0.2, -0.15) is 0 Å². The highest BCUT2D eigenvalue weighted by Gasteiger charge is 2.23. The van der Waals surface area contributed by atoms with Crippen LogP contribution in [0, 0.1) is 11.8 Å². The standard InChI is InChI=1S/C22H30N4O/c1-17(2)12-14-23-22(27)20-10-11-21(25-24-20)26-15-13-19(16-26)9-8-18-6-4-3-5-7-18/h3-7,10-11,17,19H,8-9,12-16H2,1-2H3,(H,23,27). The van der Waals surface area contributed by atoms with Crippen molar-refractivity contribution in [2.45, 2.75) is 39.5 Å². The number of hydrogen-bond donors (Lipinski definition) is 1. The van der Waals surface area contributed by atoms with Gasteiger partial charge in [0.1, 0.15) is 0 Å². The van der Waals surface area contributed by atoms with Gasteiger partial charge in [-0.05, 0) is 55.2 Å². The van der Waals surface area contributed by atoms with Gasteiger partial charge in [-0.15, -0.1) is 10.2 Å². The third-order valence-corrected chi connectivity index (χ3v) is 5.18. The minimum atomic E-state index is -0.142. The molecule has 1 saturated heterocycles. The van der Waals surface area contributed by atoms with Crippen LogP contribution in [0.1, 0.15) is 49.2 Å². The van der Waals surface area contributed by atoms with Crippen molar-refractivity contribution in [3.05, 3.63) is 53.7 Å². The number of carbonyl (C=O) groups excluding carboxylic acids is 1. The monoisotopic (exact) mass is 366 g/mol. The lowest BCUT2D eigenvalue weighted by Crippen LogP contribution is -2.27. The Hall–Kier alpha value is -2.43. The first-order valence-corrected chi connectivity index (χ1v) is 10.0. The Bertz CT molecular complexity index is 715. The Labute approximate surface area is 162 Å². The molecule has 0 saturated carbocycles. The summed E-state index contributed by atoms with van der Waals surface area (Å²) < 4.78 is 0. The third kappa shape index (κ3) is 5.78. The van der Waals surface area contributed by atoms with Gasteiger partial charge in [0.25, 0.3) is 5.91 Å². The Kier molecular flexibility index (Phi) is 6.80. The molecule has 1 atom stereocenters. The van der Waals surface area contributed by atoms with Crippen LogP contribution < -0.4 is 10.2 Å². The first-order chi connectivity index (χ1) is 13.1. The zero-order valence-corrected chi connectivity index (χ0v) is 16.4. The molecule has 0 bridgehead atoms. The molecule has 5 heteroatoms. The second kappa shape index (κ2) is 9.49. The van der Waals surface area contributed by atoms with Crippen LogP contribution in [0.3, 0.4) is 0 Å². The topological polar surface area (TPSA) is 58.1 Å². The summed E-state index contributed by atoms with van der Waals surface area (Å²) in [4.78, 5) is 14.4. The molecule has 1 aromatic carbocycles. The predicted molar refractivity (Wildman–Crippen MR) is 109 cm³/mol.